The van der Waals surface area contributed by atoms with Crippen molar-refractivity contribution in [1.29, 1.82) is 0 Å². The molecule has 1 aliphatic rings. The Hall–Kier alpha value is -1.76. The standard InChI is InChI=1S/C20H29N5O.2ClH/c1-4-12-24(5-2)17-8-6-16(7-9-17)20(26)25-14-10-21-15-18(25)19-22-11-13-23(19)3;;/h6-9,11,13,18,21H,4-5,10,12,14-15H2,1-3H3;2*1H. The second-order valence-electron chi connectivity index (χ2n) is 6.74. The Morgan fingerprint density at radius 2 is 1.96 bits per heavy atom. The molecule has 1 aliphatic heterocycles. The Kier molecular flexibility index (Phi) is 9.79. The molecule has 1 aromatic heterocycles. The summed E-state index contributed by atoms with van der Waals surface area (Å²) in [4.78, 5) is 21.9. The number of nitrogens with zero attached hydrogens (tertiary/aromatic N) is 4. The van der Waals surface area contributed by atoms with Gasteiger partial charge < -0.3 is 19.7 Å². The lowest BCUT2D eigenvalue weighted by molar-refractivity contribution is 0.0621. The summed E-state index contributed by atoms with van der Waals surface area (Å²) in [5.74, 6) is 0.992. The average molecular weight is 428 g/mol. The van der Waals surface area contributed by atoms with Gasteiger partial charge in [-0.15, -0.1) is 24.8 Å². The van der Waals surface area contributed by atoms with E-state index in [1.807, 2.05) is 34.8 Å². The van der Waals surface area contributed by atoms with E-state index in [9.17, 15) is 4.79 Å². The Labute approximate surface area is 180 Å². The van der Waals surface area contributed by atoms with E-state index in [4.69, 9.17) is 0 Å². The molecule has 0 saturated carbocycles. The summed E-state index contributed by atoms with van der Waals surface area (Å²) in [5.41, 5.74) is 1.91. The number of hydrogen-bond donors (Lipinski definition) is 1. The zero-order valence-electron chi connectivity index (χ0n) is 16.8. The van der Waals surface area contributed by atoms with Crippen LogP contribution < -0.4 is 10.2 Å². The van der Waals surface area contributed by atoms with Crippen LogP contribution in [0.2, 0.25) is 0 Å². The van der Waals surface area contributed by atoms with Gasteiger partial charge in [-0.2, -0.15) is 0 Å². The third-order valence-electron chi connectivity index (χ3n) is 5.02. The van der Waals surface area contributed by atoms with Crippen LogP contribution in [0.5, 0.6) is 0 Å². The first kappa shape index (κ1) is 24.3. The van der Waals surface area contributed by atoms with Gasteiger partial charge in [-0.05, 0) is 37.6 Å². The fraction of sp³-hybridized carbons (Fsp3) is 0.500. The molecule has 8 heteroatoms. The number of hydrogen-bond acceptors (Lipinski definition) is 4. The van der Waals surface area contributed by atoms with Gasteiger partial charge in [0.1, 0.15) is 11.9 Å². The molecule has 1 saturated heterocycles. The molecule has 0 aliphatic carbocycles. The molecule has 0 bridgehead atoms. The summed E-state index contributed by atoms with van der Waals surface area (Å²) in [6.45, 7) is 8.58. The van der Waals surface area contributed by atoms with E-state index in [0.29, 0.717) is 6.54 Å². The molecule has 2 aromatic rings. The number of carbonyl (C=O) groups is 1. The number of aryl methyl sites for hydroxylation is 1. The maximum Gasteiger partial charge on any atom is 0.254 e. The molecule has 1 aromatic carbocycles. The van der Waals surface area contributed by atoms with Gasteiger partial charge in [-0.3, -0.25) is 4.79 Å². The van der Waals surface area contributed by atoms with Crippen LogP contribution >= 0.6 is 24.8 Å². The van der Waals surface area contributed by atoms with E-state index < -0.39 is 0 Å². The van der Waals surface area contributed by atoms with Crippen molar-refractivity contribution in [3.8, 4) is 0 Å². The van der Waals surface area contributed by atoms with Crippen LogP contribution in [-0.4, -0.2) is 53.1 Å². The molecule has 0 spiro atoms. The number of imidazole rings is 1. The highest BCUT2D eigenvalue weighted by Gasteiger charge is 2.31. The van der Waals surface area contributed by atoms with Crippen LogP contribution in [0.15, 0.2) is 36.7 Å². The predicted molar refractivity (Wildman–Crippen MR) is 119 cm³/mol. The second kappa shape index (κ2) is 11.3. The van der Waals surface area contributed by atoms with Crippen molar-refractivity contribution in [2.45, 2.75) is 26.3 Å². The average Bonchev–Trinajstić information content (AvgIpc) is 3.11. The summed E-state index contributed by atoms with van der Waals surface area (Å²) in [6.07, 6.45) is 4.82. The third kappa shape index (κ3) is 5.19. The first-order chi connectivity index (χ1) is 12.7. The molecule has 1 N–H and O–H groups in total. The van der Waals surface area contributed by atoms with E-state index >= 15 is 0 Å². The lowest BCUT2D eigenvalue weighted by atomic mass is 10.1. The molecule has 6 nitrogen and oxygen atoms in total. The monoisotopic (exact) mass is 427 g/mol. The highest BCUT2D eigenvalue weighted by Crippen LogP contribution is 2.24. The Balaban J connectivity index is 0.00000196. The van der Waals surface area contributed by atoms with E-state index in [1.165, 1.54) is 5.69 Å². The van der Waals surface area contributed by atoms with Gasteiger partial charge in [0, 0.05) is 63.4 Å². The van der Waals surface area contributed by atoms with Crippen LogP contribution in [-0.2, 0) is 7.05 Å². The third-order valence-corrected chi connectivity index (χ3v) is 5.02. The van der Waals surface area contributed by atoms with Gasteiger partial charge >= 0.3 is 0 Å². The van der Waals surface area contributed by atoms with Crippen molar-refractivity contribution in [2.24, 2.45) is 7.05 Å². The topological polar surface area (TPSA) is 53.4 Å². The molecule has 0 radical (unpaired) electrons. The minimum Gasteiger partial charge on any atom is -0.372 e. The number of carbonyl (C=O) groups excluding carboxylic acids is 1. The SMILES string of the molecule is CCCN(CC)c1ccc(C(=O)N2CCNCC2c2nccn2C)cc1.Cl.Cl. The second-order valence-corrected chi connectivity index (χ2v) is 6.74. The number of nitrogens with one attached hydrogen (secondary N) is 1. The molecular formula is C20H31Cl2N5O. The number of piperazine rings is 1. The van der Waals surface area contributed by atoms with Crippen LogP contribution in [0, 0.1) is 0 Å². The van der Waals surface area contributed by atoms with Crippen molar-refractivity contribution in [3.05, 3.63) is 48.0 Å². The molecule has 1 atom stereocenters. The number of aromatic nitrogens is 2. The van der Waals surface area contributed by atoms with E-state index in [0.717, 1.165) is 44.0 Å². The molecule has 3 rings (SSSR count). The number of benzene rings is 1. The van der Waals surface area contributed by atoms with Crippen LogP contribution in [0.4, 0.5) is 5.69 Å². The summed E-state index contributed by atoms with van der Waals surface area (Å²) in [5, 5.41) is 3.38. The van der Waals surface area contributed by atoms with Gasteiger partial charge in [0.05, 0.1) is 0 Å². The van der Waals surface area contributed by atoms with Crippen molar-refractivity contribution in [1.82, 2.24) is 19.8 Å². The molecule has 156 valence electrons. The fourth-order valence-corrected chi connectivity index (χ4v) is 3.60. The zero-order chi connectivity index (χ0) is 18.5. The number of rotatable bonds is 6. The lowest BCUT2D eigenvalue weighted by Gasteiger charge is -2.36. The van der Waals surface area contributed by atoms with E-state index in [2.05, 4.69) is 41.2 Å². The number of amides is 1. The molecule has 1 unspecified atom stereocenters. The van der Waals surface area contributed by atoms with Crippen LogP contribution in [0.25, 0.3) is 0 Å². The minimum absolute atomic E-state index is 0. The Bertz CT molecular complexity index is 734. The maximum absolute atomic E-state index is 13.1. The van der Waals surface area contributed by atoms with Gasteiger partial charge in [0.15, 0.2) is 0 Å². The van der Waals surface area contributed by atoms with Crippen LogP contribution in [0.3, 0.4) is 0 Å². The molecule has 28 heavy (non-hydrogen) atoms. The molecule has 1 amide bonds. The lowest BCUT2D eigenvalue weighted by Crippen LogP contribution is -2.49. The summed E-state index contributed by atoms with van der Waals surface area (Å²) >= 11 is 0. The number of halogens is 2. The Morgan fingerprint density at radius 1 is 1.25 bits per heavy atom. The normalized spacial score (nSPS) is 16.1. The van der Waals surface area contributed by atoms with E-state index in [-0.39, 0.29) is 36.8 Å². The maximum atomic E-state index is 13.1. The number of anilines is 1. The van der Waals surface area contributed by atoms with Gasteiger partial charge in [0.25, 0.3) is 5.91 Å². The van der Waals surface area contributed by atoms with Gasteiger partial charge in [0.2, 0.25) is 0 Å². The summed E-state index contributed by atoms with van der Waals surface area (Å²) in [6, 6.07) is 7.98. The van der Waals surface area contributed by atoms with Crippen molar-refractivity contribution >= 4 is 36.4 Å². The fourth-order valence-electron chi connectivity index (χ4n) is 3.60. The van der Waals surface area contributed by atoms with Crippen LogP contribution in [0.1, 0.15) is 42.5 Å². The molecule has 2 heterocycles. The highest BCUT2D eigenvalue weighted by molar-refractivity contribution is 5.95. The largest absolute Gasteiger partial charge is 0.372 e. The quantitative estimate of drug-likeness (QED) is 0.768. The summed E-state index contributed by atoms with van der Waals surface area (Å²) in [7, 11) is 1.97. The first-order valence-electron chi connectivity index (χ1n) is 9.49. The zero-order valence-corrected chi connectivity index (χ0v) is 18.4. The van der Waals surface area contributed by atoms with Crippen molar-refractivity contribution < 1.29 is 4.79 Å². The van der Waals surface area contributed by atoms with Gasteiger partial charge in [-0.1, -0.05) is 6.92 Å². The van der Waals surface area contributed by atoms with Crippen molar-refractivity contribution in [2.75, 3.05) is 37.6 Å². The highest BCUT2D eigenvalue weighted by atomic mass is 35.5. The molecule has 1 fully saturated rings. The smallest absolute Gasteiger partial charge is 0.254 e. The van der Waals surface area contributed by atoms with E-state index in [1.54, 1.807) is 6.20 Å². The minimum atomic E-state index is -0.0387. The van der Waals surface area contributed by atoms with Gasteiger partial charge in [-0.25, -0.2) is 4.98 Å². The summed E-state index contributed by atoms with van der Waals surface area (Å²) < 4.78 is 1.99. The first-order valence-corrected chi connectivity index (χ1v) is 9.49. The Morgan fingerprint density at radius 3 is 2.54 bits per heavy atom. The molecular weight excluding hydrogens is 397 g/mol. The van der Waals surface area contributed by atoms with Crippen molar-refractivity contribution in [3.63, 3.8) is 0 Å². The predicted octanol–water partition coefficient (Wildman–Crippen LogP) is 3.29.